The summed E-state index contributed by atoms with van der Waals surface area (Å²) in [6.07, 6.45) is 11.4. The number of ether oxygens (including phenoxy) is 3. The summed E-state index contributed by atoms with van der Waals surface area (Å²) in [4.78, 5) is 13.7. The van der Waals surface area contributed by atoms with Crippen LogP contribution >= 0.6 is 0 Å². The Hall–Kier alpha value is -3.41. The number of aryl methyl sites for hydroxylation is 2. The van der Waals surface area contributed by atoms with Crippen LogP contribution in [0.25, 0.3) is 0 Å². The minimum atomic E-state index is -1.11. The monoisotopic (exact) mass is 535 g/mol. The number of allylic oxidation sites excluding steroid dienone is 3. The molecule has 2 aromatic carbocycles. The van der Waals surface area contributed by atoms with Crippen LogP contribution in [0.3, 0.4) is 0 Å². The second-order valence-corrected chi connectivity index (χ2v) is 9.56. The molecule has 3 heterocycles. The van der Waals surface area contributed by atoms with Gasteiger partial charge in [-0.1, -0.05) is 30.0 Å². The van der Waals surface area contributed by atoms with Crippen LogP contribution in [0.2, 0.25) is 0 Å². The molecular formula is C31H34LiN3O5-2. The van der Waals surface area contributed by atoms with E-state index in [4.69, 9.17) is 14.2 Å². The SMILES string of the molecule is COc1c(C(=O)O)cnn1[C-]=C/C=C\[CH-]c1cccc(C)c1OCc1cc(C)c2c(c1)CN(C1COC1)C2.[CH3-].[Li+]. The average molecular weight is 536 g/mol. The Labute approximate surface area is 248 Å². The summed E-state index contributed by atoms with van der Waals surface area (Å²) in [6.45, 7) is 8.36. The third kappa shape index (κ3) is 6.65. The fourth-order valence-electron chi connectivity index (χ4n) is 4.85. The van der Waals surface area contributed by atoms with Crippen LogP contribution in [0, 0.1) is 33.9 Å². The number of carboxylic acids is 1. The number of aromatic carboxylic acids is 1. The van der Waals surface area contributed by atoms with Gasteiger partial charge < -0.3 is 31.4 Å². The van der Waals surface area contributed by atoms with E-state index >= 15 is 0 Å². The average Bonchev–Trinajstić information content (AvgIpc) is 3.46. The fourth-order valence-corrected chi connectivity index (χ4v) is 4.85. The number of benzene rings is 2. The normalized spacial score (nSPS) is 14.9. The maximum atomic E-state index is 11.2. The summed E-state index contributed by atoms with van der Waals surface area (Å²) in [7, 11) is 1.40. The van der Waals surface area contributed by atoms with Crippen molar-refractivity contribution in [1.29, 1.82) is 0 Å². The molecule has 0 atom stereocenters. The van der Waals surface area contributed by atoms with E-state index in [9.17, 15) is 9.90 Å². The zero-order valence-corrected chi connectivity index (χ0v) is 23.8. The first-order chi connectivity index (χ1) is 18.4. The Morgan fingerprint density at radius 1 is 1.25 bits per heavy atom. The molecule has 5 rings (SSSR count). The molecule has 0 amide bonds. The number of nitrogens with zero attached hydrogens (tertiary/aromatic N) is 3. The zero-order valence-electron chi connectivity index (χ0n) is 23.8. The standard InChI is InChI=1S/C30H31N3O5.CH3.Li/c1-20-8-7-10-23(9-5-4-6-11-33-29(36-3)26(14-31-33)30(34)35)28(20)38-17-22-12-21(2)27-16-32(15-24(27)13-22)25-18-37-19-25;;/h4-10,12-14,25H,15-19H2,1-3H3,(H,34,35);1H3;/q-2;-1;+1/b5-4-;;. The third-order valence-corrected chi connectivity index (χ3v) is 6.95. The third-order valence-electron chi connectivity index (χ3n) is 6.95. The molecule has 8 nitrogen and oxygen atoms in total. The van der Waals surface area contributed by atoms with Crippen molar-refractivity contribution in [3.8, 4) is 11.6 Å². The Kier molecular flexibility index (Phi) is 10.7. The fraction of sp³-hybridized carbons (Fsp3) is 0.290. The molecule has 0 bridgehead atoms. The van der Waals surface area contributed by atoms with E-state index in [2.05, 4.69) is 35.3 Å². The van der Waals surface area contributed by atoms with Gasteiger partial charge in [0.2, 0.25) is 0 Å². The van der Waals surface area contributed by atoms with Crippen molar-refractivity contribution in [2.45, 2.75) is 39.6 Å². The number of rotatable bonds is 10. The topological polar surface area (TPSA) is 86.0 Å². The number of methoxy groups -OCH3 is 1. The molecule has 0 unspecified atom stereocenters. The van der Waals surface area contributed by atoms with Gasteiger partial charge in [-0.25, -0.2) is 4.79 Å². The largest absolute Gasteiger partial charge is 1.00 e. The first-order valence-electron chi connectivity index (χ1n) is 12.5. The second-order valence-electron chi connectivity index (χ2n) is 9.56. The molecule has 40 heavy (non-hydrogen) atoms. The summed E-state index contributed by atoms with van der Waals surface area (Å²) in [6, 6.07) is 11.1. The molecule has 9 heteroatoms. The molecular weight excluding hydrogens is 501 g/mol. The quantitative estimate of drug-likeness (QED) is 0.241. The van der Waals surface area contributed by atoms with Crippen molar-refractivity contribution in [3.05, 3.63) is 114 Å². The van der Waals surface area contributed by atoms with Crippen molar-refractivity contribution in [1.82, 2.24) is 14.7 Å². The summed E-state index contributed by atoms with van der Waals surface area (Å²) < 4.78 is 18.1. The van der Waals surface area contributed by atoms with Crippen molar-refractivity contribution >= 4 is 5.97 Å². The smallest absolute Gasteiger partial charge is 0.536 e. The van der Waals surface area contributed by atoms with Crippen LogP contribution in [0.5, 0.6) is 11.6 Å². The van der Waals surface area contributed by atoms with Gasteiger partial charge in [-0.05, 0) is 36.1 Å². The number of fused-ring (bicyclic) bond motifs is 1. The van der Waals surface area contributed by atoms with E-state index in [1.807, 2.05) is 37.6 Å². The van der Waals surface area contributed by atoms with Gasteiger partial charge in [0.15, 0.2) is 0 Å². The Bertz CT molecular complexity index is 1390. The Morgan fingerprint density at radius 3 is 2.75 bits per heavy atom. The van der Waals surface area contributed by atoms with Crippen LogP contribution < -0.4 is 28.3 Å². The van der Waals surface area contributed by atoms with Gasteiger partial charge in [0.25, 0.3) is 0 Å². The van der Waals surface area contributed by atoms with E-state index in [-0.39, 0.29) is 37.7 Å². The molecule has 0 saturated carbocycles. The molecule has 1 N–H and O–H groups in total. The minimum absolute atomic E-state index is 0. The van der Waals surface area contributed by atoms with Gasteiger partial charge in [-0.15, -0.1) is 42.3 Å². The number of para-hydroxylation sites is 1. The molecule has 2 aliphatic rings. The summed E-state index contributed by atoms with van der Waals surface area (Å²) in [5, 5.41) is 13.2. The van der Waals surface area contributed by atoms with Crippen molar-refractivity contribution in [2.75, 3.05) is 20.3 Å². The Balaban J connectivity index is 0.00000220. The van der Waals surface area contributed by atoms with Gasteiger partial charge >= 0.3 is 24.8 Å². The Morgan fingerprint density at radius 2 is 2.05 bits per heavy atom. The van der Waals surface area contributed by atoms with Crippen LogP contribution in [-0.2, 0) is 24.4 Å². The molecule has 2 aliphatic heterocycles. The number of hydrogen-bond donors (Lipinski definition) is 1. The van der Waals surface area contributed by atoms with Gasteiger partial charge in [0, 0.05) is 18.8 Å². The van der Waals surface area contributed by atoms with E-state index in [0.717, 1.165) is 43.2 Å². The summed E-state index contributed by atoms with van der Waals surface area (Å²) in [5.74, 6) is -0.144. The molecule has 0 radical (unpaired) electrons. The maximum Gasteiger partial charge on any atom is 1.00 e. The first kappa shape index (κ1) is 31.1. The maximum absolute atomic E-state index is 11.2. The van der Waals surface area contributed by atoms with Crippen LogP contribution in [0.4, 0.5) is 0 Å². The number of carboxylic acid groups (broad SMARTS) is 1. The number of hydrogen-bond acceptors (Lipinski definition) is 6. The first-order valence-corrected chi connectivity index (χ1v) is 12.5. The minimum Gasteiger partial charge on any atom is -0.536 e. The number of aromatic nitrogens is 2. The zero-order chi connectivity index (χ0) is 26.6. The van der Waals surface area contributed by atoms with Crippen molar-refractivity contribution in [3.63, 3.8) is 0 Å². The van der Waals surface area contributed by atoms with E-state index in [1.54, 1.807) is 12.2 Å². The molecule has 1 aromatic heterocycles. The van der Waals surface area contributed by atoms with Crippen LogP contribution in [0.15, 0.2) is 54.8 Å². The van der Waals surface area contributed by atoms with Crippen LogP contribution in [-0.4, -0.2) is 52.1 Å². The number of carbonyl (C=O) groups is 1. The van der Waals surface area contributed by atoms with E-state index in [0.29, 0.717) is 12.6 Å². The second kappa shape index (κ2) is 13.8. The predicted octanol–water partition coefficient (Wildman–Crippen LogP) is 1.93. The van der Waals surface area contributed by atoms with Gasteiger partial charge in [0.05, 0.1) is 38.1 Å². The summed E-state index contributed by atoms with van der Waals surface area (Å²) >= 11 is 0. The molecule has 1 saturated heterocycles. The van der Waals surface area contributed by atoms with Crippen LogP contribution in [0.1, 0.15) is 43.7 Å². The summed E-state index contributed by atoms with van der Waals surface area (Å²) in [5.41, 5.74) is 7.32. The van der Waals surface area contributed by atoms with Gasteiger partial charge in [-0.3, -0.25) is 4.90 Å². The molecule has 0 aliphatic carbocycles. The van der Waals surface area contributed by atoms with Crippen molar-refractivity contribution in [2.24, 2.45) is 0 Å². The van der Waals surface area contributed by atoms with Crippen molar-refractivity contribution < 1.29 is 43.0 Å². The van der Waals surface area contributed by atoms with Gasteiger partial charge in [-0.2, -0.15) is 5.10 Å². The van der Waals surface area contributed by atoms with Gasteiger partial charge in [0.1, 0.15) is 12.5 Å². The predicted molar refractivity (Wildman–Crippen MR) is 148 cm³/mol. The molecule has 3 aromatic rings. The molecule has 1 fully saturated rings. The van der Waals surface area contributed by atoms with E-state index < -0.39 is 5.97 Å². The van der Waals surface area contributed by atoms with E-state index in [1.165, 1.54) is 40.2 Å². The molecule has 206 valence electrons. The molecule has 0 spiro atoms.